The Kier molecular flexibility index (Phi) is 5.71. The summed E-state index contributed by atoms with van der Waals surface area (Å²) in [5, 5.41) is 24.8. The van der Waals surface area contributed by atoms with Crippen molar-refractivity contribution >= 4 is 11.6 Å². The van der Waals surface area contributed by atoms with Crippen molar-refractivity contribution in [2.75, 3.05) is 7.05 Å². The van der Waals surface area contributed by atoms with Crippen molar-refractivity contribution in [1.29, 1.82) is 0 Å². The largest absolute Gasteiger partial charge is 0.411 e. The molecule has 36 heavy (non-hydrogen) atoms. The van der Waals surface area contributed by atoms with Crippen LogP contribution in [0.4, 0.5) is 0 Å². The SMILES string of the molecule is CN(O)C(=O)[C@]12CCC(C)(C)C[C@H]1C1=CC[C@@H]3[C@@]4(C)CC/C(=N\O)C(C)(C)[C@@H]4CC[C@@]3(C)[C@]1(C)CC2. The summed E-state index contributed by atoms with van der Waals surface area (Å²) < 4.78 is 0. The van der Waals surface area contributed by atoms with E-state index in [1.165, 1.54) is 19.0 Å². The van der Waals surface area contributed by atoms with Crippen molar-refractivity contribution < 1.29 is 15.2 Å². The van der Waals surface area contributed by atoms with Crippen molar-refractivity contribution in [3.63, 3.8) is 0 Å². The van der Waals surface area contributed by atoms with Gasteiger partial charge in [-0.25, -0.2) is 5.06 Å². The van der Waals surface area contributed by atoms with Crippen LogP contribution in [-0.2, 0) is 4.79 Å². The maximum Gasteiger partial charge on any atom is 0.252 e. The lowest BCUT2D eigenvalue weighted by molar-refractivity contribution is -0.192. The van der Waals surface area contributed by atoms with Crippen LogP contribution >= 0.6 is 0 Å². The molecule has 4 fully saturated rings. The molecule has 5 aliphatic carbocycles. The Morgan fingerprint density at radius 3 is 2.28 bits per heavy atom. The first-order valence-corrected chi connectivity index (χ1v) is 14.5. The summed E-state index contributed by atoms with van der Waals surface area (Å²) in [6.07, 6.45) is 12.8. The fourth-order valence-electron chi connectivity index (χ4n) is 10.9. The molecule has 5 heteroatoms. The molecule has 0 aliphatic heterocycles. The van der Waals surface area contributed by atoms with Crippen LogP contribution in [0.5, 0.6) is 0 Å². The van der Waals surface area contributed by atoms with Gasteiger partial charge in [-0.15, -0.1) is 0 Å². The summed E-state index contributed by atoms with van der Waals surface area (Å²) in [7, 11) is 1.52. The highest BCUT2D eigenvalue weighted by molar-refractivity contribution is 5.90. The van der Waals surface area contributed by atoms with Gasteiger partial charge in [0.05, 0.1) is 11.1 Å². The minimum Gasteiger partial charge on any atom is -0.411 e. The Morgan fingerprint density at radius 1 is 0.972 bits per heavy atom. The van der Waals surface area contributed by atoms with Crippen molar-refractivity contribution in [1.82, 2.24) is 5.06 Å². The average Bonchev–Trinajstić information content (AvgIpc) is 2.78. The van der Waals surface area contributed by atoms with E-state index < -0.39 is 5.41 Å². The zero-order valence-electron chi connectivity index (χ0n) is 24.1. The molecule has 0 aromatic carbocycles. The number of carbonyl (C=O) groups excluding carboxylic acids is 1. The second kappa shape index (κ2) is 7.83. The Labute approximate surface area is 218 Å². The van der Waals surface area contributed by atoms with E-state index in [9.17, 15) is 15.2 Å². The molecule has 5 nitrogen and oxygen atoms in total. The van der Waals surface area contributed by atoms with Crippen molar-refractivity contribution in [3.8, 4) is 0 Å². The molecule has 5 rings (SSSR count). The first kappa shape index (κ1) is 26.3. The van der Waals surface area contributed by atoms with Crippen molar-refractivity contribution in [3.05, 3.63) is 11.6 Å². The molecule has 0 bridgehead atoms. The third-order valence-corrected chi connectivity index (χ3v) is 13.3. The molecule has 5 aliphatic rings. The summed E-state index contributed by atoms with van der Waals surface area (Å²) in [6, 6.07) is 0. The van der Waals surface area contributed by atoms with E-state index in [2.05, 4.69) is 59.7 Å². The summed E-state index contributed by atoms with van der Waals surface area (Å²) >= 11 is 0. The molecule has 0 saturated heterocycles. The predicted molar refractivity (Wildman–Crippen MR) is 143 cm³/mol. The lowest BCUT2D eigenvalue weighted by Gasteiger charge is -2.71. The van der Waals surface area contributed by atoms with Gasteiger partial charge in [0.2, 0.25) is 0 Å². The topological polar surface area (TPSA) is 73.1 Å². The van der Waals surface area contributed by atoms with Gasteiger partial charge in [0.15, 0.2) is 0 Å². The number of rotatable bonds is 1. The number of carbonyl (C=O) groups is 1. The quantitative estimate of drug-likeness (QED) is 0.170. The number of fused-ring (bicyclic) bond motifs is 7. The van der Waals surface area contributed by atoms with Crippen molar-refractivity contribution in [2.24, 2.45) is 55.4 Å². The van der Waals surface area contributed by atoms with E-state index in [0.717, 1.165) is 68.6 Å². The molecule has 0 aromatic rings. The van der Waals surface area contributed by atoms with Gasteiger partial charge in [0.25, 0.3) is 5.91 Å². The van der Waals surface area contributed by atoms with Gasteiger partial charge >= 0.3 is 0 Å². The van der Waals surface area contributed by atoms with Gasteiger partial charge in [0.1, 0.15) is 0 Å². The number of hydroxylamine groups is 2. The van der Waals surface area contributed by atoms with Crippen LogP contribution in [0, 0.1) is 50.2 Å². The van der Waals surface area contributed by atoms with Crippen LogP contribution in [0.3, 0.4) is 0 Å². The normalized spacial score (nSPS) is 48.1. The molecule has 0 heterocycles. The molecule has 0 spiro atoms. The molecule has 202 valence electrons. The molecule has 4 saturated carbocycles. The number of allylic oxidation sites excluding steroid dienone is 2. The van der Waals surface area contributed by atoms with E-state index in [1.807, 2.05) is 0 Å². The van der Waals surface area contributed by atoms with Gasteiger partial charge in [-0.05, 0) is 104 Å². The molecular weight excluding hydrogens is 448 g/mol. The summed E-state index contributed by atoms with van der Waals surface area (Å²) in [5.74, 6) is 1.24. The Balaban J connectivity index is 1.60. The fourth-order valence-corrected chi connectivity index (χ4v) is 10.9. The molecule has 2 N–H and O–H groups in total. The molecule has 0 aromatic heterocycles. The van der Waals surface area contributed by atoms with E-state index in [0.29, 0.717) is 11.8 Å². The van der Waals surface area contributed by atoms with Gasteiger partial charge in [0, 0.05) is 12.5 Å². The second-order valence-electron chi connectivity index (χ2n) is 15.5. The van der Waals surface area contributed by atoms with Crippen LogP contribution in [0.25, 0.3) is 0 Å². The summed E-state index contributed by atoms with van der Waals surface area (Å²) in [4.78, 5) is 13.6. The maximum absolute atomic E-state index is 13.6. The lowest BCUT2D eigenvalue weighted by atomic mass is 9.33. The number of oxime groups is 1. The van der Waals surface area contributed by atoms with E-state index in [4.69, 9.17) is 0 Å². The molecular formula is C31H50N2O3. The first-order valence-electron chi connectivity index (χ1n) is 14.5. The summed E-state index contributed by atoms with van der Waals surface area (Å²) in [5.41, 5.74) is 2.61. The molecule has 0 radical (unpaired) electrons. The van der Waals surface area contributed by atoms with Gasteiger partial charge in [-0.2, -0.15) is 0 Å². The standard InChI is InChI=1S/C31H50N2O3/c1-26(2)15-17-31(25(34)33(8)36)18-16-29(6)20(21(31)19-26)9-10-23-28(5)13-12-24(32-35)27(3,4)22(28)11-14-30(23,29)7/h9,21-23,35-36H,10-19H2,1-8H3/b32-24+/t21-,22-,23+,28-,29+,30+,31-/m0/s1. The van der Waals surface area contributed by atoms with Gasteiger partial charge in [-0.1, -0.05) is 65.3 Å². The maximum atomic E-state index is 13.6. The Morgan fingerprint density at radius 2 is 1.64 bits per heavy atom. The molecule has 1 amide bonds. The molecule has 0 unspecified atom stereocenters. The highest BCUT2D eigenvalue weighted by Crippen LogP contribution is 2.75. The van der Waals surface area contributed by atoms with Gasteiger partial charge < -0.3 is 5.21 Å². The first-order chi connectivity index (χ1) is 16.6. The van der Waals surface area contributed by atoms with Crippen LogP contribution in [-0.4, -0.2) is 34.1 Å². The van der Waals surface area contributed by atoms with E-state index >= 15 is 0 Å². The van der Waals surface area contributed by atoms with Crippen LogP contribution in [0.1, 0.15) is 113 Å². The lowest BCUT2D eigenvalue weighted by Crippen LogP contribution is -2.65. The highest BCUT2D eigenvalue weighted by Gasteiger charge is 2.69. The second-order valence-corrected chi connectivity index (χ2v) is 15.5. The average molecular weight is 499 g/mol. The smallest absolute Gasteiger partial charge is 0.252 e. The third-order valence-electron chi connectivity index (χ3n) is 13.3. The number of amides is 1. The predicted octanol–water partition coefficient (Wildman–Crippen LogP) is 7.47. The van der Waals surface area contributed by atoms with Crippen LogP contribution < -0.4 is 0 Å². The highest BCUT2D eigenvalue weighted by atomic mass is 16.5. The number of hydrogen-bond donors (Lipinski definition) is 2. The molecule has 7 atom stereocenters. The fraction of sp³-hybridized carbons (Fsp3) is 0.871. The summed E-state index contributed by atoms with van der Waals surface area (Å²) in [6.45, 7) is 17.0. The number of nitrogens with zero attached hydrogens (tertiary/aromatic N) is 2. The minimum atomic E-state index is -0.464. The monoisotopic (exact) mass is 498 g/mol. The van der Waals surface area contributed by atoms with Crippen LogP contribution in [0.2, 0.25) is 0 Å². The van der Waals surface area contributed by atoms with Crippen molar-refractivity contribution in [2.45, 2.75) is 113 Å². The third kappa shape index (κ3) is 3.16. The van der Waals surface area contributed by atoms with E-state index in [-0.39, 0.29) is 38.9 Å². The van der Waals surface area contributed by atoms with Gasteiger partial charge in [-0.3, -0.25) is 10.0 Å². The van der Waals surface area contributed by atoms with Crippen LogP contribution in [0.15, 0.2) is 16.8 Å². The zero-order valence-corrected chi connectivity index (χ0v) is 24.1. The van der Waals surface area contributed by atoms with E-state index in [1.54, 1.807) is 0 Å². The Hall–Kier alpha value is -1.36. The minimum absolute atomic E-state index is 0.0648. The zero-order chi connectivity index (χ0) is 26.5. The Bertz CT molecular complexity index is 1010. The number of hydrogen-bond acceptors (Lipinski definition) is 4.